The van der Waals surface area contributed by atoms with Crippen LogP contribution in [0.15, 0.2) is 29.3 Å². The molecule has 4 atom stereocenters. The molecule has 4 rings (SSSR count). The van der Waals surface area contributed by atoms with Crippen molar-refractivity contribution in [3.05, 3.63) is 40.5 Å². The zero-order chi connectivity index (χ0) is 28.2. The second kappa shape index (κ2) is 13.0. The molecule has 0 bridgehead atoms. The van der Waals surface area contributed by atoms with Crippen LogP contribution >= 0.6 is 0 Å². The maximum absolute atomic E-state index is 13.6. The highest BCUT2D eigenvalue weighted by molar-refractivity contribution is 6.74. The van der Waals surface area contributed by atoms with E-state index in [-0.39, 0.29) is 29.5 Å². The molecule has 0 radical (unpaired) electrons. The summed E-state index contributed by atoms with van der Waals surface area (Å²) < 4.78 is 25.4. The second-order valence-corrected chi connectivity index (χ2v) is 18.1. The van der Waals surface area contributed by atoms with E-state index >= 15 is 0 Å². The van der Waals surface area contributed by atoms with Gasteiger partial charge in [0.15, 0.2) is 20.4 Å². The maximum Gasteiger partial charge on any atom is 0.193 e. The van der Waals surface area contributed by atoms with E-state index in [2.05, 4.69) is 52.9 Å². The zero-order valence-corrected chi connectivity index (χ0v) is 26.6. The van der Waals surface area contributed by atoms with Gasteiger partial charge in [-0.25, -0.2) is 0 Å². The van der Waals surface area contributed by atoms with Crippen LogP contribution in [0, 0.1) is 5.92 Å². The molecule has 1 fully saturated rings. The smallest absolute Gasteiger partial charge is 0.193 e. The molecule has 1 aromatic rings. The molecule has 0 amide bonds. The number of unbranched alkanes of at least 4 members (excludes halogenated alkanes) is 2. The lowest BCUT2D eigenvalue weighted by atomic mass is 9.78. The van der Waals surface area contributed by atoms with Crippen LogP contribution in [0.25, 0.3) is 0 Å². The molecular weight excluding hydrogens is 504 g/mol. The number of ether oxygens (including phenoxy) is 3. The third kappa shape index (κ3) is 7.06. The molecular formula is C33H52O5Si. The molecule has 2 aliphatic carbocycles. The van der Waals surface area contributed by atoms with Gasteiger partial charge in [-0.2, -0.15) is 0 Å². The first kappa shape index (κ1) is 30.5. The molecule has 1 saturated heterocycles. The highest BCUT2D eigenvalue weighted by atomic mass is 28.4. The van der Waals surface area contributed by atoms with Crippen molar-refractivity contribution < 1.29 is 23.4 Å². The van der Waals surface area contributed by atoms with Crippen molar-refractivity contribution in [1.29, 1.82) is 0 Å². The van der Waals surface area contributed by atoms with Gasteiger partial charge >= 0.3 is 0 Å². The lowest BCUT2D eigenvalue weighted by Gasteiger charge is -2.43. The summed E-state index contributed by atoms with van der Waals surface area (Å²) in [6.45, 7) is 14.5. The fourth-order valence-corrected chi connectivity index (χ4v) is 7.39. The Bertz CT molecular complexity index is 1020. The van der Waals surface area contributed by atoms with E-state index in [9.17, 15) is 4.79 Å². The Kier molecular flexibility index (Phi) is 10.2. The van der Waals surface area contributed by atoms with Crippen LogP contribution in [-0.2, 0) is 25.1 Å². The summed E-state index contributed by atoms with van der Waals surface area (Å²) >= 11 is 0. The Hall–Kier alpha value is -1.47. The fraction of sp³-hybridized carbons (Fsp3) is 0.727. The molecule has 5 nitrogen and oxygen atoms in total. The summed E-state index contributed by atoms with van der Waals surface area (Å²) in [7, 11) is -0.383. The van der Waals surface area contributed by atoms with Crippen molar-refractivity contribution >= 4 is 14.1 Å². The van der Waals surface area contributed by atoms with Gasteiger partial charge in [-0.3, -0.25) is 4.79 Å². The molecule has 218 valence electrons. The summed E-state index contributed by atoms with van der Waals surface area (Å²) in [5, 5.41) is 0.0700. The number of hydrogen-bond acceptors (Lipinski definition) is 5. The number of fused-ring (bicyclic) bond motifs is 2. The molecule has 0 saturated carbocycles. The summed E-state index contributed by atoms with van der Waals surface area (Å²) in [4.78, 5) is 13.6. The lowest BCUT2D eigenvalue weighted by Crippen LogP contribution is -2.43. The summed E-state index contributed by atoms with van der Waals surface area (Å²) in [6, 6.07) is 6.30. The molecule has 3 aliphatic rings. The van der Waals surface area contributed by atoms with Gasteiger partial charge in [0, 0.05) is 18.6 Å². The highest BCUT2D eigenvalue weighted by Gasteiger charge is 2.47. The number of Topliss-reactive ketones (excluding diaryl/α,β-unsaturated/α-hetero) is 1. The van der Waals surface area contributed by atoms with E-state index in [1.807, 2.05) is 6.07 Å². The van der Waals surface area contributed by atoms with Crippen LogP contribution in [-0.4, -0.2) is 40.2 Å². The fourth-order valence-electron chi connectivity index (χ4n) is 6.19. The molecule has 1 aromatic carbocycles. The van der Waals surface area contributed by atoms with Gasteiger partial charge in [0.25, 0.3) is 0 Å². The van der Waals surface area contributed by atoms with Gasteiger partial charge in [-0.1, -0.05) is 59.1 Å². The normalized spacial score (nSPS) is 24.5. The number of carbonyl (C=O) groups is 1. The molecule has 6 heteroatoms. The average molecular weight is 557 g/mol. The molecule has 0 spiro atoms. The predicted molar refractivity (Wildman–Crippen MR) is 160 cm³/mol. The number of ketones is 1. The van der Waals surface area contributed by atoms with Gasteiger partial charge in [0.05, 0.1) is 19.3 Å². The van der Waals surface area contributed by atoms with E-state index in [1.54, 1.807) is 7.11 Å². The molecule has 3 unspecified atom stereocenters. The van der Waals surface area contributed by atoms with Crippen LogP contribution in [0.1, 0.15) is 109 Å². The Morgan fingerprint density at radius 1 is 1.10 bits per heavy atom. The topological polar surface area (TPSA) is 54.0 Å². The maximum atomic E-state index is 13.6. The minimum Gasteiger partial charge on any atom is -0.496 e. The van der Waals surface area contributed by atoms with Crippen LogP contribution in [0.2, 0.25) is 18.1 Å². The second-order valence-electron chi connectivity index (χ2n) is 13.3. The Labute approximate surface area is 238 Å². The third-order valence-corrected chi connectivity index (χ3v) is 13.9. The quantitative estimate of drug-likeness (QED) is 0.191. The van der Waals surface area contributed by atoms with Gasteiger partial charge in [-0.15, -0.1) is 0 Å². The number of benzene rings is 1. The minimum absolute atomic E-state index is 0.0700. The largest absolute Gasteiger partial charge is 0.496 e. The van der Waals surface area contributed by atoms with Crippen molar-refractivity contribution in [3.8, 4) is 5.75 Å². The number of methoxy groups -OCH3 is 1. The number of allylic oxidation sites excluding steroid dienone is 1. The summed E-state index contributed by atoms with van der Waals surface area (Å²) in [5.41, 5.74) is 4.64. The van der Waals surface area contributed by atoms with Crippen LogP contribution in [0.3, 0.4) is 0 Å². The molecule has 1 aliphatic heterocycles. The summed E-state index contributed by atoms with van der Waals surface area (Å²) in [6.07, 6.45) is 10.7. The van der Waals surface area contributed by atoms with Crippen molar-refractivity contribution in [3.63, 3.8) is 0 Å². The first-order valence-corrected chi connectivity index (χ1v) is 18.3. The van der Waals surface area contributed by atoms with Crippen LogP contribution in [0.4, 0.5) is 0 Å². The van der Waals surface area contributed by atoms with Gasteiger partial charge in [-0.05, 0) is 91.8 Å². The zero-order valence-electron chi connectivity index (χ0n) is 25.6. The predicted octanol–water partition coefficient (Wildman–Crippen LogP) is 8.47. The van der Waals surface area contributed by atoms with E-state index in [0.717, 1.165) is 69.3 Å². The highest BCUT2D eigenvalue weighted by Crippen LogP contribution is 2.52. The number of carbonyl (C=O) groups excluding carboxylic acids is 1. The van der Waals surface area contributed by atoms with Gasteiger partial charge in [0.2, 0.25) is 0 Å². The lowest BCUT2D eigenvalue weighted by molar-refractivity contribution is -0.190. The minimum atomic E-state index is -2.12. The Morgan fingerprint density at radius 2 is 1.90 bits per heavy atom. The van der Waals surface area contributed by atoms with E-state index in [0.29, 0.717) is 12.2 Å². The molecule has 1 heterocycles. The molecule has 0 N–H and O–H groups in total. The van der Waals surface area contributed by atoms with Crippen molar-refractivity contribution in [2.75, 3.05) is 13.7 Å². The van der Waals surface area contributed by atoms with E-state index < -0.39 is 8.32 Å². The van der Waals surface area contributed by atoms with Crippen LogP contribution in [0.5, 0.6) is 5.75 Å². The van der Waals surface area contributed by atoms with Crippen molar-refractivity contribution in [2.24, 2.45) is 5.92 Å². The average Bonchev–Trinajstić information content (AvgIpc) is 3.21. The Balaban J connectivity index is 1.64. The number of hydrogen-bond donors (Lipinski definition) is 0. The third-order valence-electron chi connectivity index (χ3n) is 9.51. The standard InChI is InChI=1S/C33H52O5Si/c1-8-9-10-14-24(37-30-17-11-12-20-36-30)18-19-26-28(34)22-23-21-27-25(15-13-16-29(27)35-5)32(31(23)26)38-39(6,7)33(2,3)4/h13,15-16,23-24,30,32H,8-12,14,17-22H2,1-7H3/t23-,24?,30?,32?/m0/s1. The van der Waals surface area contributed by atoms with Gasteiger partial charge in [0.1, 0.15) is 5.75 Å². The SMILES string of the molecule is CCCCCC(CCC1=C2C(O[Si](C)(C)C(C)(C)C)c3cccc(OC)c3C[C@H]2CC1=O)OC1CCCCO1. The van der Waals surface area contributed by atoms with E-state index in [4.69, 9.17) is 18.6 Å². The van der Waals surface area contributed by atoms with Crippen molar-refractivity contribution in [2.45, 2.75) is 135 Å². The monoisotopic (exact) mass is 556 g/mol. The first-order chi connectivity index (χ1) is 18.6. The Morgan fingerprint density at radius 3 is 2.56 bits per heavy atom. The number of rotatable bonds is 12. The van der Waals surface area contributed by atoms with Gasteiger partial charge < -0.3 is 18.6 Å². The van der Waals surface area contributed by atoms with Crippen molar-refractivity contribution in [1.82, 2.24) is 0 Å². The first-order valence-electron chi connectivity index (χ1n) is 15.4. The molecule has 0 aromatic heterocycles. The summed E-state index contributed by atoms with van der Waals surface area (Å²) in [5.74, 6) is 1.40. The van der Waals surface area contributed by atoms with Crippen LogP contribution < -0.4 is 4.74 Å². The molecule has 39 heavy (non-hydrogen) atoms. The van der Waals surface area contributed by atoms with E-state index in [1.165, 1.54) is 29.5 Å².